The number of H-pyrrole nitrogens is 1. The number of alkyl halides is 3. The monoisotopic (exact) mass is 310 g/mol. The number of nitrogens with one attached hydrogen (secondary N) is 1. The molecule has 3 nitrogen and oxygen atoms in total. The van der Waals surface area contributed by atoms with Gasteiger partial charge in [-0.1, -0.05) is 13.8 Å². The minimum Gasteiger partial charge on any atom is -0.371 e. The van der Waals surface area contributed by atoms with Gasteiger partial charge >= 0.3 is 6.18 Å². The van der Waals surface area contributed by atoms with Crippen LogP contribution in [-0.4, -0.2) is 18.1 Å². The summed E-state index contributed by atoms with van der Waals surface area (Å²) in [7, 11) is 1.91. The summed E-state index contributed by atoms with van der Waals surface area (Å²) < 4.78 is 39.7. The zero-order valence-corrected chi connectivity index (χ0v) is 12.8. The van der Waals surface area contributed by atoms with Crippen molar-refractivity contribution >= 4 is 16.6 Å². The molecule has 2 aromatic rings. The molecule has 2 heterocycles. The van der Waals surface area contributed by atoms with Crippen LogP contribution in [0.3, 0.4) is 0 Å². The molecule has 1 N–H and O–H groups in total. The van der Waals surface area contributed by atoms with Gasteiger partial charge in [0.2, 0.25) is 5.56 Å². The fraction of sp³-hybridized carbons (Fsp3) is 0.438. The van der Waals surface area contributed by atoms with Crippen molar-refractivity contribution in [2.75, 3.05) is 11.9 Å². The summed E-state index contributed by atoms with van der Waals surface area (Å²) in [5, 5.41) is 0.0430. The van der Waals surface area contributed by atoms with Crippen LogP contribution in [0.1, 0.15) is 31.9 Å². The summed E-state index contributed by atoms with van der Waals surface area (Å²) in [5.41, 5.74) is 0.0553. The smallest absolute Gasteiger partial charge is 0.371 e. The number of anilines is 1. The van der Waals surface area contributed by atoms with E-state index >= 15 is 0 Å². The van der Waals surface area contributed by atoms with Crippen molar-refractivity contribution in [2.45, 2.75) is 38.4 Å². The van der Waals surface area contributed by atoms with Crippen LogP contribution in [0.15, 0.2) is 23.0 Å². The summed E-state index contributed by atoms with van der Waals surface area (Å²) in [5.74, 6) is 0. The van der Waals surface area contributed by atoms with Crippen LogP contribution >= 0.6 is 0 Å². The van der Waals surface area contributed by atoms with Gasteiger partial charge in [0.25, 0.3) is 0 Å². The van der Waals surface area contributed by atoms with E-state index in [1.165, 1.54) is 0 Å². The van der Waals surface area contributed by atoms with E-state index in [2.05, 4.69) is 4.98 Å². The molecule has 6 heteroatoms. The molecule has 118 valence electrons. The van der Waals surface area contributed by atoms with Crippen LogP contribution in [0, 0.1) is 0 Å². The average Bonchev–Trinajstić information content (AvgIpc) is 2.56. The van der Waals surface area contributed by atoms with E-state index < -0.39 is 17.3 Å². The zero-order chi connectivity index (χ0) is 16.4. The Morgan fingerprint density at radius 2 is 1.86 bits per heavy atom. The quantitative estimate of drug-likeness (QED) is 0.806. The standard InChI is InChI=1S/C16H17F3N2O/c1-8-15(2,3)11-5-9-10(16(17,18)19)6-14(22)20-12(9)7-13(11)21(8)4/h5-8H,1-4H3,(H,20,22)/t8-/m1/s1. The molecule has 1 aliphatic rings. The highest BCUT2D eigenvalue weighted by Crippen LogP contribution is 2.46. The van der Waals surface area contributed by atoms with Gasteiger partial charge in [0.05, 0.1) is 11.1 Å². The first-order valence-electron chi connectivity index (χ1n) is 7.05. The summed E-state index contributed by atoms with van der Waals surface area (Å²) >= 11 is 0. The van der Waals surface area contributed by atoms with E-state index in [1.54, 1.807) is 12.1 Å². The fourth-order valence-corrected chi connectivity index (χ4v) is 3.25. The van der Waals surface area contributed by atoms with Gasteiger partial charge in [0.15, 0.2) is 0 Å². The van der Waals surface area contributed by atoms with Gasteiger partial charge in [-0.3, -0.25) is 4.79 Å². The molecule has 0 bridgehead atoms. The Balaban J connectivity index is 2.41. The Labute approximate surface area is 125 Å². The zero-order valence-electron chi connectivity index (χ0n) is 12.8. The molecular weight excluding hydrogens is 293 g/mol. The number of nitrogens with zero attached hydrogens (tertiary/aromatic N) is 1. The summed E-state index contributed by atoms with van der Waals surface area (Å²) in [4.78, 5) is 16.1. The van der Waals surface area contributed by atoms with Gasteiger partial charge < -0.3 is 9.88 Å². The highest BCUT2D eigenvalue weighted by molar-refractivity contribution is 5.89. The second-order valence-electron chi connectivity index (χ2n) is 6.47. The number of fused-ring (bicyclic) bond motifs is 2. The third-order valence-corrected chi connectivity index (χ3v) is 4.96. The van der Waals surface area contributed by atoms with Crippen molar-refractivity contribution in [3.8, 4) is 0 Å². The van der Waals surface area contributed by atoms with E-state index in [1.807, 2.05) is 32.7 Å². The number of halogens is 3. The first-order valence-corrected chi connectivity index (χ1v) is 7.05. The van der Waals surface area contributed by atoms with E-state index in [-0.39, 0.29) is 22.4 Å². The van der Waals surface area contributed by atoms with Gasteiger partial charge in [0, 0.05) is 35.6 Å². The third kappa shape index (κ3) is 1.93. The Bertz CT molecular complexity index is 820. The van der Waals surface area contributed by atoms with Gasteiger partial charge in [-0.25, -0.2) is 0 Å². The Hall–Kier alpha value is -1.98. The van der Waals surface area contributed by atoms with E-state index in [0.717, 1.165) is 11.3 Å². The summed E-state index contributed by atoms with van der Waals surface area (Å²) in [6.07, 6.45) is -4.55. The predicted octanol–water partition coefficient (Wildman–Crippen LogP) is 3.66. The third-order valence-electron chi connectivity index (χ3n) is 4.96. The van der Waals surface area contributed by atoms with Gasteiger partial charge in [-0.2, -0.15) is 13.2 Å². The minimum atomic E-state index is -4.55. The topological polar surface area (TPSA) is 36.1 Å². The molecule has 0 fully saturated rings. The first kappa shape index (κ1) is 14.9. The van der Waals surface area contributed by atoms with Crippen LogP contribution in [0.25, 0.3) is 10.9 Å². The van der Waals surface area contributed by atoms with Crippen molar-refractivity contribution in [1.82, 2.24) is 4.98 Å². The minimum absolute atomic E-state index is 0.0430. The lowest BCUT2D eigenvalue weighted by atomic mass is 9.80. The molecule has 1 aromatic heterocycles. The molecular formula is C16H17F3N2O. The summed E-state index contributed by atoms with van der Waals surface area (Å²) in [6.45, 7) is 6.08. The maximum Gasteiger partial charge on any atom is 0.417 e. The maximum absolute atomic E-state index is 13.2. The van der Waals surface area contributed by atoms with Gasteiger partial charge in [-0.05, 0) is 24.6 Å². The molecule has 22 heavy (non-hydrogen) atoms. The average molecular weight is 310 g/mol. The number of aromatic nitrogens is 1. The predicted molar refractivity (Wildman–Crippen MR) is 80.5 cm³/mol. The molecule has 1 aromatic carbocycles. The highest BCUT2D eigenvalue weighted by atomic mass is 19.4. The molecule has 0 amide bonds. The molecule has 3 rings (SSSR count). The van der Waals surface area contributed by atoms with Crippen molar-refractivity contribution in [1.29, 1.82) is 0 Å². The van der Waals surface area contributed by atoms with Crippen molar-refractivity contribution in [3.63, 3.8) is 0 Å². The molecule has 0 radical (unpaired) electrons. The number of aromatic amines is 1. The number of benzene rings is 1. The fourth-order valence-electron chi connectivity index (χ4n) is 3.25. The van der Waals surface area contributed by atoms with Crippen molar-refractivity contribution < 1.29 is 13.2 Å². The molecule has 1 atom stereocenters. The molecule has 1 aliphatic heterocycles. The lowest BCUT2D eigenvalue weighted by Crippen LogP contribution is -2.36. The second-order valence-corrected chi connectivity index (χ2v) is 6.47. The van der Waals surface area contributed by atoms with Crippen LogP contribution in [-0.2, 0) is 11.6 Å². The normalized spacial score (nSPS) is 20.5. The van der Waals surface area contributed by atoms with Gasteiger partial charge in [0.1, 0.15) is 0 Å². The molecule has 0 spiro atoms. The largest absolute Gasteiger partial charge is 0.417 e. The molecule has 0 saturated carbocycles. The van der Waals surface area contributed by atoms with E-state index in [4.69, 9.17) is 0 Å². The Morgan fingerprint density at radius 1 is 1.23 bits per heavy atom. The number of hydrogen-bond donors (Lipinski definition) is 1. The molecule has 0 aliphatic carbocycles. The lowest BCUT2D eigenvalue weighted by molar-refractivity contribution is -0.136. The second kappa shape index (κ2) is 4.27. The van der Waals surface area contributed by atoms with Crippen LogP contribution in [0.4, 0.5) is 18.9 Å². The van der Waals surface area contributed by atoms with Crippen LogP contribution in [0.5, 0.6) is 0 Å². The number of rotatable bonds is 0. The van der Waals surface area contributed by atoms with Crippen molar-refractivity contribution in [3.05, 3.63) is 39.7 Å². The Kier molecular flexibility index (Phi) is 2.90. The lowest BCUT2D eigenvalue weighted by Gasteiger charge is -2.28. The molecule has 0 saturated heterocycles. The van der Waals surface area contributed by atoms with Crippen molar-refractivity contribution in [2.24, 2.45) is 0 Å². The number of pyridine rings is 1. The maximum atomic E-state index is 13.2. The first-order chi connectivity index (χ1) is 10.0. The van der Waals surface area contributed by atoms with Gasteiger partial charge in [-0.15, -0.1) is 0 Å². The SMILES string of the molecule is C[C@H]1N(C)c2cc3[nH]c(=O)cc(C(F)(F)F)c3cc2C1(C)C. The van der Waals surface area contributed by atoms with E-state index in [0.29, 0.717) is 6.07 Å². The Morgan fingerprint density at radius 3 is 2.45 bits per heavy atom. The molecule has 0 unspecified atom stereocenters. The highest BCUT2D eigenvalue weighted by Gasteiger charge is 2.41. The van der Waals surface area contributed by atoms with Crippen LogP contribution < -0.4 is 10.5 Å². The van der Waals surface area contributed by atoms with E-state index in [9.17, 15) is 18.0 Å². The number of hydrogen-bond acceptors (Lipinski definition) is 2. The number of likely N-dealkylation sites (N-methyl/N-ethyl adjacent to an activating group) is 1. The van der Waals surface area contributed by atoms with Crippen LogP contribution in [0.2, 0.25) is 0 Å². The summed E-state index contributed by atoms with van der Waals surface area (Å²) in [6, 6.07) is 4.00.